The summed E-state index contributed by atoms with van der Waals surface area (Å²) < 4.78 is 0. The molecule has 148 valence electrons. The van der Waals surface area contributed by atoms with Crippen LogP contribution in [0.5, 0.6) is 0 Å². The molecule has 0 unspecified atom stereocenters. The van der Waals surface area contributed by atoms with Crippen molar-refractivity contribution in [3.05, 3.63) is 29.8 Å². The molecule has 2 fully saturated rings. The third-order valence-electron chi connectivity index (χ3n) is 5.65. The summed E-state index contributed by atoms with van der Waals surface area (Å²) in [5.41, 5.74) is 2.26. The van der Waals surface area contributed by atoms with E-state index < -0.39 is 0 Å². The van der Waals surface area contributed by atoms with E-state index in [1.54, 1.807) is 0 Å². The molecule has 1 amide bonds. The van der Waals surface area contributed by atoms with Gasteiger partial charge in [-0.15, -0.1) is 0 Å². The number of likely N-dealkylation sites (tertiary alicyclic amines) is 1. The number of nitrogens with one attached hydrogen (secondary N) is 2. The summed E-state index contributed by atoms with van der Waals surface area (Å²) >= 11 is 5.58. The number of carbonyl (C=O) groups excluding carboxylic acids is 1. The first kappa shape index (κ1) is 20.1. The Morgan fingerprint density at radius 3 is 2.48 bits per heavy atom. The topological polar surface area (TPSA) is 40.0 Å². The number of rotatable bonds is 3. The van der Waals surface area contributed by atoms with Gasteiger partial charge in [-0.25, -0.2) is 0 Å². The Balaban J connectivity index is 1.44. The molecule has 0 saturated carbocycles. The molecule has 27 heavy (non-hydrogen) atoms. The van der Waals surface area contributed by atoms with Crippen molar-refractivity contribution in [2.45, 2.75) is 27.2 Å². The van der Waals surface area contributed by atoms with E-state index in [4.69, 9.17) is 12.2 Å². The van der Waals surface area contributed by atoms with Crippen LogP contribution < -0.4 is 10.2 Å². The zero-order valence-electron chi connectivity index (χ0n) is 16.8. The molecule has 1 aromatic carbocycles. The van der Waals surface area contributed by atoms with E-state index in [0.717, 1.165) is 50.1 Å². The quantitative estimate of drug-likeness (QED) is 0.767. The Kier molecular flexibility index (Phi) is 6.71. The Morgan fingerprint density at radius 1 is 1.19 bits per heavy atom. The molecule has 0 aromatic heterocycles. The largest absolute Gasteiger partial charge is 0.338 e. The van der Waals surface area contributed by atoms with Gasteiger partial charge in [0, 0.05) is 18.8 Å². The van der Waals surface area contributed by atoms with Crippen molar-refractivity contribution in [1.82, 2.24) is 9.80 Å². The molecule has 2 aliphatic heterocycles. The summed E-state index contributed by atoms with van der Waals surface area (Å²) in [5.74, 6) is 1.56. The maximum atomic E-state index is 12.7. The van der Waals surface area contributed by atoms with E-state index in [-0.39, 0.29) is 0 Å². The lowest BCUT2D eigenvalue weighted by Gasteiger charge is -2.37. The van der Waals surface area contributed by atoms with Crippen molar-refractivity contribution in [3.63, 3.8) is 0 Å². The second kappa shape index (κ2) is 9.02. The van der Waals surface area contributed by atoms with Crippen LogP contribution in [0.4, 0.5) is 5.69 Å². The molecule has 2 heterocycles. The van der Waals surface area contributed by atoms with Gasteiger partial charge in [-0.2, -0.15) is 0 Å². The van der Waals surface area contributed by atoms with E-state index in [2.05, 4.69) is 48.0 Å². The highest BCUT2D eigenvalue weighted by molar-refractivity contribution is 7.80. The van der Waals surface area contributed by atoms with E-state index in [0.29, 0.717) is 24.3 Å². The van der Waals surface area contributed by atoms with Gasteiger partial charge in [0.05, 0.1) is 26.2 Å². The van der Waals surface area contributed by atoms with Crippen LogP contribution in [0.25, 0.3) is 0 Å². The van der Waals surface area contributed by atoms with Crippen LogP contribution in [-0.4, -0.2) is 66.6 Å². The van der Waals surface area contributed by atoms with Crippen LogP contribution >= 0.6 is 12.2 Å². The van der Waals surface area contributed by atoms with Gasteiger partial charge in [-0.3, -0.25) is 4.79 Å². The van der Waals surface area contributed by atoms with Crippen LogP contribution in [0.3, 0.4) is 0 Å². The number of hydrogen-bond acceptors (Lipinski definition) is 2. The number of piperidine rings is 1. The van der Waals surface area contributed by atoms with Crippen molar-refractivity contribution in [2.24, 2.45) is 11.8 Å². The normalized spacial score (nSPS) is 24.0. The van der Waals surface area contributed by atoms with E-state index in [9.17, 15) is 4.79 Å². The van der Waals surface area contributed by atoms with Crippen LogP contribution in [0.2, 0.25) is 0 Å². The molecular formula is C21H33N4OS+. The number of thiocarbonyl (C=S) groups is 1. The summed E-state index contributed by atoms with van der Waals surface area (Å²) in [7, 11) is 0. The Hall–Kier alpha value is -1.66. The van der Waals surface area contributed by atoms with Gasteiger partial charge < -0.3 is 20.0 Å². The molecule has 2 atom stereocenters. The highest BCUT2D eigenvalue weighted by Gasteiger charge is 2.29. The van der Waals surface area contributed by atoms with Gasteiger partial charge in [0.2, 0.25) is 0 Å². The Bertz CT molecular complexity index is 662. The number of anilines is 1. The van der Waals surface area contributed by atoms with Gasteiger partial charge in [-0.05, 0) is 55.1 Å². The minimum Gasteiger partial charge on any atom is -0.338 e. The summed E-state index contributed by atoms with van der Waals surface area (Å²) in [4.78, 5) is 18.4. The van der Waals surface area contributed by atoms with Gasteiger partial charge in [-0.1, -0.05) is 26.0 Å². The fraction of sp³-hybridized carbons (Fsp3) is 0.619. The second-order valence-electron chi connectivity index (χ2n) is 8.46. The summed E-state index contributed by atoms with van der Waals surface area (Å²) in [6.45, 7) is 12.8. The number of carbonyl (C=O) groups is 1. The summed E-state index contributed by atoms with van der Waals surface area (Å²) in [6, 6.07) is 8.26. The van der Waals surface area contributed by atoms with Crippen LogP contribution in [0.1, 0.15) is 25.8 Å². The van der Waals surface area contributed by atoms with Crippen molar-refractivity contribution < 1.29 is 9.69 Å². The lowest BCUT2D eigenvalue weighted by molar-refractivity contribution is -0.896. The van der Waals surface area contributed by atoms with Crippen LogP contribution in [0, 0.1) is 18.8 Å². The number of hydrogen-bond donors (Lipinski definition) is 2. The molecule has 0 spiro atoms. The lowest BCUT2D eigenvalue weighted by atomic mass is 9.92. The maximum absolute atomic E-state index is 12.7. The number of nitrogens with zero attached hydrogens (tertiary/aromatic N) is 2. The molecule has 2 N–H and O–H groups in total. The summed E-state index contributed by atoms with van der Waals surface area (Å²) in [6.07, 6.45) is 1.24. The molecule has 3 rings (SSSR count). The van der Waals surface area contributed by atoms with Crippen molar-refractivity contribution in [1.29, 1.82) is 0 Å². The molecule has 6 heteroatoms. The second-order valence-corrected chi connectivity index (χ2v) is 8.84. The fourth-order valence-electron chi connectivity index (χ4n) is 4.32. The highest BCUT2D eigenvalue weighted by Crippen LogP contribution is 2.20. The molecule has 0 bridgehead atoms. The number of benzene rings is 1. The third kappa shape index (κ3) is 5.66. The van der Waals surface area contributed by atoms with Crippen LogP contribution in [-0.2, 0) is 4.79 Å². The SMILES string of the molecule is Cc1cccc(NC(=S)N2CC[NH+](CC(=O)N3C[C@H](C)C[C@H](C)C3)CC2)c1. The van der Waals surface area contributed by atoms with Gasteiger partial charge in [0.25, 0.3) is 5.91 Å². The molecule has 1 aromatic rings. The number of quaternary nitrogens is 1. The summed E-state index contributed by atoms with van der Waals surface area (Å²) in [5, 5.41) is 4.12. The first-order valence-electron chi connectivity index (χ1n) is 10.1. The maximum Gasteiger partial charge on any atom is 0.277 e. The van der Waals surface area contributed by atoms with Crippen molar-refractivity contribution in [3.8, 4) is 0 Å². The van der Waals surface area contributed by atoms with E-state index in [1.807, 2.05) is 12.1 Å². The van der Waals surface area contributed by atoms with E-state index >= 15 is 0 Å². The molecule has 2 aliphatic rings. The fourth-order valence-corrected chi connectivity index (χ4v) is 4.62. The highest BCUT2D eigenvalue weighted by atomic mass is 32.1. The molecule has 0 radical (unpaired) electrons. The molecule has 0 aliphatic carbocycles. The van der Waals surface area contributed by atoms with E-state index in [1.165, 1.54) is 16.9 Å². The van der Waals surface area contributed by atoms with Crippen molar-refractivity contribution in [2.75, 3.05) is 51.1 Å². The first-order chi connectivity index (χ1) is 12.9. The minimum absolute atomic E-state index is 0.317. The number of piperazine rings is 1. The average Bonchev–Trinajstić information content (AvgIpc) is 2.61. The number of aryl methyl sites for hydroxylation is 1. The monoisotopic (exact) mass is 389 g/mol. The standard InChI is InChI=1S/C21H32N4OS/c1-16-5-4-6-19(12-16)22-21(27)24-9-7-23(8-10-24)15-20(26)25-13-17(2)11-18(3)14-25/h4-6,12,17-18H,7-11,13-15H2,1-3H3,(H,22,27)/p+1/t17-,18+. The third-order valence-corrected chi connectivity index (χ3v) is 6.01. The van der Waals surface area contributed by atoms with Crippen LogP contribution in [0.15, 0.2) is 24.3 Å². The Morgan fingerprint density at radius 2 is 1.85 bits per heavy atom. The molecule has 2 saturated heterocycles. The van der Waals surface area contributed by atoms with Gasteiger partial charge >= 0.3 is 0 Å². The first-order valence-corrected chi connectivity index (χ1v) is 10.6. The number of amides is 1. The Labute approximate surface area is 168 Å². The molecular weight excluding hydrogens is 356 g/mol. The smallest absolute Gasteiger partial charge is 0.277 e. The predicted molar refractivity (Wildman–Crippen MR) is 114 cm³/mol. The van der Waals surface area contributed by atoms with Crippen molar-refractivity contribution >= 4 is 28.9 Å². The van der Waals surface area contributed by atoms with Gasteiger partial charge in [0.1, 0.15) is 0 Å². The van der Waals surface area contributed by atoms with Gasteiger partial charge in [0.15, 0.2) is 11.7 Å². The zero-order valence-corrected chi connectivity index (χ0v) is 17.6. The zero-order chi connectivity index (χ0) is 19.4. The predicted octanol–water partition coefficient (Wildman–Crippen LogP) is 1.40. The average molecular weight is 390 g/mol. The molecule has 5 nitrogen and oxygen atoms in total. The lowest BCUT2D eigenvalue weighted by Crippen LogP contribution is -3.15. The minimum atomic E-state index is 0.317.